The highest BCUT2D eigenvalue weighted by molar-refractivity contribution is 8.18. The molecule has 0 N–H and O–H groups in total. The zero-order chi connectivity index (χ0) is 21.6. The number of benzene rings is 2. The molecule has 0 saturated carbocycles. The maximum Gasteiger partial charge on any atom is 0.293 e. The third kappa shape index (κ3) is 4.95. The minimum absolute atomic E-state index is 0.258. The van der Waals surface area contributed by atoms with Crippen LogP contribution in [-0.2, 0) is 17.9 Å². The van der Waals surface area contributed by atoms with E-state index in [0.717, 1.165) is 28.5 Å². The van der Waals surface area contributed by atoms with Gasteiger partial charge in [0.2, 0.25) is 0 Å². The molecule has 1 aromatic heterocycles. The van der Waals surface area contributed by atoms with E-state index in [4.69, 9.17) is 9.47 Å². The molecule has 1 fully saturated rings. The summed E-state index contributed by atoms with van der Waals surface area (Å²) in [5, 5.41) is -0.274. The van der Waals surface area contributed by atoms with Gasteiger partial charge in [-0.25, -0.2) is 0 Å². The monoisotopic (exact) mass is 432 g/mol. The summed E-state index contributed by atoms with van der Waals surface area (Å²) in [6.07, 6.45) is 5.12. The quantitative estimate of drug-likeness (QED) is 0.495. The van der Waals surface area contributed by atoms with Gasteiger partial charge in [-0.05, 0) is 58.8 Å². The standard InChI is InChI=1S/C24H20N2O4S/c1-29-21-13-19(7-8-20(21)30-16-18-9-11-25-12-10-18)14-22-23(27)26(24(28)31-22)15-17-5-3-2-4-6-17/h2-14H,15-16H2,1H3/b22-14-. The van der Waals surface area contributed by atoms with E-state index in [1.54, 1.807) is 37.7 Å². The predicted octanol–water partition coefficient (Wildman–Crippen LogP) is 4.91. The number of pyridine rings is 1. The van der Waals surface area contributed by atoms with Crippen LogP contribution in [0.2, 0.25) is 0 Å². The summed E-state index contributed by atoms with van der Waals surface area (Å²) in [6.45, 7) is 0.643. The molecule has 6 nitrogen and oxygen atoms in total. The Morgan fingerprint density at radius 1 is 0.968 bits per heavy atom. The van der Waals surface area contributed by atoms with Crippen LogP contribution in [0, 0.1) is 0 Å². The largest absolute Gasteiger partial charge is 0.493 e. The van der Waals surface area contributed by atoms with Gasteiger partial charge in [-0.15, -0.1) is 0 Å². The van der Waals surface area contributed by atoms with Crippen LogP contribution in [0.4, 0.5) is 4.79 Å². The Hall–Kier alpha value is -3.58. The highest BCUT2D eigenvalue weighted by Crippen LogP contribution is 2.35. The summed E-state index contributed by atoms with van der Waals surface area (Å²) in [6, 6.07) is 18.6. The molecule has 2 amide bonds. The van der Waals surface area contributed by atoms with Gasteiger partial charge in [0.25, 0.3) is 11.1 Å². The topological polar surface area (TPSA) is 68.7 Å². The number of rotatable bonds is 7. The Morgan fingerprint density at radius 2 is 1.74 bits per heavy atom. The number of imide groups is 1. The van der Waals surface area contributed by atoms with Gasteiger partial charge < -0.3 is 9.47 Å². The van der Waals surface area contributed by atoms with Crippen molar-refractivity contribution in [1.29, 1.82) is 0 Å². The van der Waals surface area contributed by atoms with E-state index >= 15 is 0 Å². The van der Waals surface area contributed by atoms with E-state index in [1.165, 1.54) is 4.90 Å². The number of hydrogen-bond donors (Lipinski definition) is 0. The summed E-state index contributed by atoms with van der Waals surface area (Å²) in [7, 11) is 1.56. The zero-order valence-corrected chi connectivity index (χ0v) is 17.7. The number of amides is 2. The van der Waals surface area contributed by atoms with Crippen molar-refractivity contribution in [1.82, 2.24) is 9.88 Å². The second-order valence-electron chi connectivity index (χ2n) is 6.81. The molecule has 156 valence electrons. The average molecular weight is 433 g/mol. The Morgan fingerprint density at radius 3 is 2.48 bits per heavy atom. The van der Waals surface area contributed by atoms with Crippen LogP contribution in [0.15, 0.2) is 78.0 Å². The lowest BCUT2D eigenvalue weighted by Crippen LogP contribution is -2.27. The number of thioether (sulfide) groups is 1. The number of carbonyl (C=O) groups excluding carboxylic acids is 2. The van der Waals surface area contributed by atoms with Crippen molar-refractivity contribution < 1.29 is 19.1 Å². The van der Waals surface area contributed by atoms with Gasteiger partial charge >= 0.3 is 0 Å². The fourth-order valence-corrected chi connectivity index (χ4v) is 3.93. The molecule has 0 aliphatic carbocycles. The summed E-state index contributed by atoms with van der Waals surface area (Å²) >= 11 is 0.942. The Bertz CT molecular complexity index is 1120. The highest BCUT2D eigenvalue weighted by Gasteiger charge is 2.34. The maximum absolute atomic E-state index is 12.8. The van der Waals surface area contributed by atoms with Gasteiger partial charge in [0.15, 0.2) is 11.5 Å². The fourth-order valence-electron chi connectivity index (χ4n) is 3.09. The summed E-state index contributed by atoms with van der Waals surface area (Å²) in [4.78, 5) is 30.8. The molecular weight excluding hydrogens is 412 g/mol. The number of nitrogens with zero attached hydrogens (tertiary/aromatic N) is 2. The molecule has 0 atom stereocenters. The SMILES string of the molecule is COc1cc(/C=C2\SC(=O)N(Cc3ccccc3)C2=O)ccc1OCc1ccncc1. The molecular formula is C24H20N2O4S. The summed E-state index contributed by atoms with van der Waals surface area (Å²) < 4.78 is 11.3. The van der Waals surface area contributed by atoms with E-state index in [1.807, 2.05) is 48.5 Å². The lowest BCUT2D eigenvalue weighted by Gasteiger charge is -2.12. The van der Waals surface area contributed by atoms with E-state index in [2.05, 4.69) is 4.98 Å². The van der Waals surface area contributed by atoms with Crippen LogP contribution in [0.5, 0.6) is 11.5 Å². The van der Waals surface area contributed by atoms with Gasteiger partial charge in [0.05, 0.1) is 18.6 Å². The van der Waals surface area contributed by atoms with Crippen molar-refractivity contribution >= 4 is 29.0 Å². The van der Waals surface area contributed by atoms with E-state index in [-0.39, 0.29) is 17.7 Å². The van der Waals surface area contributed by atoms with Crippen molar-refractivity contribution in [3.63, 3.8) is 0 Å². The van der Waals surface area contributed by atoms with Crippen LogP contribution >= 0.6 is 11.8 Å². The van der Waals surface area contributed by atoms with E-state index in [0.29, 0.717) is 23.0 Å². The molecule has 0 unspecified atom stereocenters. The number of ether oxygens (including phenoxy) is 2. The van der Waals surface area contributed by atoms with Crippen molar-refractivity contribution in [3.05, 3.63) is 94.7 Å². The molecule has 3 aromatic rings. The first kappa shape index (κ1) is 20.7. The minimum Gasteiger partial charge on any atom is -0.493 e. The third-order valence-corrected chi connectivity index (χ3v) is 5.59. The highest BCUT2D eigenvalue weighted by atomic mass is 32.2. The second kappa shape index (κ2) is 9.49. The van der Waals surface area contributed by atoms with Crippen molar-refractivity contribution in [2.24, 2.45) is 0 Å². The third-order valence-electron chi connectivity index (χ3n) is 4.69. The van der Waals surface area contributed by atoms with Crippen LogP contribution in [0.3, 0.4) is 0 Å². The summed E-state index contributed by atoms with van der Waals surface area (Å²) in [5.41, 5.74) is 2.65. The number of hydrogen-bond acceptors (Lipinski definition) is 6. The van der Waals surface area contributed by atoms with Crippen molar-refractivity contribution in [3.8, 4) is 11.5 Å². The van der Waals surface area contributed by atoms with Crippen molar-refractivity contribution in [2.75, 3.05) is 7.11 Å². The molecule has 2 aromatic carbocycles. The Kier molecular flexibility index (Phi) is 6.33. The minimum atomic E-state index is -0.296. The lowest BCUT2D eigenvalue weighted by atomic mass is 10.1. The molecule has 7 heteroatoms. The van der Waals surface area contributed by atoms with Crippen molar-refractivity contribution in [2.45, 2.75) is 13.2 Å². The van der Waals surface area contributed by atoms with E-state index in [9.17, 15) is 9.59 Å². The average Bonchev–Trinajstić information content (AvgIpc) is 3.06. The molecule has 2 heterocycles. The molecule has 0 bridgehead atoms. The molecule has 0 radical (unpaired) electrons. The van der Waals surface area contributed by atoms with Gasteiger partial charge in [-0.1, -0.05) is 36.4 Å². The molecule has 0 spiro atoms. The molecule has 1 aliphatic rings. The van der Waals surface area contributed by atoms with Gasteiger partial charge in [0, 0.05) is 12.4 Å². The zero-order valence-electron chi connectivity index (χ0n) is 16.9. The normalized spacial score (nSPS) is 14.9. The van der Waals surface area contributed by atoms with E-state index < -0.39 is 0 Å². The number of carbonyl (C=O) groups is 2. The maximum atomic E-state index is 12.8. The first-order valence-corrected chi connectivity index (χ1v) is 10.4. The first-order valence-electron chi connectivity index (χ1n) is 9.63. The smallest absolute Gasteiger partial charge is 0.293 e. The fraction of sp³-hybridized carbons (Fsp3) is 0.125. The first-order chi connectivity index (χ1) is 15.1. The van der Waals surface area contributed by atoms with Gasteiger partial charge in [0.1, 0.15) is 6.61 Å². The molecule has 4 rings (SSSR count). The molecule has 31 heavy (non-hydrogen) atoms. The van der Waals surface area contributed by atoms with Crippen LogP contribution < -0.4 is 9.47 Å². The summed E-state index contributed by atoms with van der Waals surface area (Å²) in [5.74, 6) is 0.843. The predicted molar refractivity (Wildman–Crippen MR) is 120 cm³/mol. The van der Waals surface area contributed by atoms with Gasteiger partial charge in [-0.3, -0.25) is 19.5 Å². The van der Waals surface area contributed by atoms with Crippen LogP contribution in [0.25, 0.3) is 6.08 Å². The van der Waals surface area contributed by atoms with Crippen LogP contribution in [-0.4, -0.2) is 28.1 Å². The van der Waals surface area contributed by atoms with Gasteiger partial charge in [-0.2, -0.15) is 0 Å². The Labute approximate surface area is 184 Å². The molecule has 1 aliphatic heterocycles. The second-order valence-corrected chi connectivity index (χ2v) is 7.80. The number of methoxy groups -OCH3 is 1. The lowest BCUT2D eigenvalue weighted by molar-refractivity contribution is -0.123. The molecule has 1 saturated heterocycles. The number of aromatic nitrogens is 1. The van der Waals surface area contributed by atoms with Crippen LogP contribution in [0.1, 0.15) is 16.7 Å². The Balaban J connectivity index is 1.49.